The molecule has 0 aliphatic carbocycles. The predicted octanol–water partition coefficient (Wildman–Crippen LogP) is 4.07. The molecule has 0 saturated heterocycles. The van der Waals surface area contributed by atoms with E-state index in [4.69, 9.17) is 16.3 Å². The van der Waals surface area contributed by atoms with E-state index >= 15 is 0 Å². The average Bonchev–Trinajstić information content (AvgIpc) is 2.47. The highest BCUT2D eigenvalue weighted by Crippen LogP contribution is 2.13. The number of carbonyl (C=O) groups excluding carboxylic acids is 1. The van der Waals surface area contributed by atoms with Gasteiger partial charge < -0.3 is 10.1 Å². The molecule has 3 nitrogen and oxygen atoms in total. The fraction of sp³-hybridized carbons (Fsp3) is 0.278. The molecule has 0 radical (unpaired) electrons. The van der Waals surface area contributed by atoms with E-state index in [1.54, 1.807) is 24.3 Å². The monoisotopic (exact) mass is 317 g/mol. The molecule has 0 atom stereocenters. The summed E-state index contributed by atoms with van der Waals surface area (Å²) in [6, 6.07) is 16.8. The second-order valence-corrected chi connectivity index (χ2v) is 6.26. The van der Waals surface area contributed by atoms with E-state index in [2.05, 4.69) is 5.32 Å². The summed E-state index contributed by atoms with van der Waals surface area (Å²) < 4.78 is 5.70. The van der Waals surface area contributed by atoms with Gasteiger partial charge in [0.15, 0.2) is 0 Å². The first-order valence-corrected chi connectivity index (χ1v) is 7.54. The molecule has 1 amide bonds. The number of ether oxygens (including phenoxy) is 1. The Kier molecular flexibility index (Phi) is 5.58. The van der Waals surface area contributed by atoms with Crippen LogP contribution in [0, 0.1) is 0 Å². The lowest BCUT2D eigenvalue weighted by Gasteiger charge is -2.26. The smallest absolute Gasteiger partial charge is 0.251 e. The molecule has 1 N–H and O–H groups in total. The normalized spacial score (nSPS) is 11.2. The number of hydrogen-bond acceptors (Lipinski definition) is 2. The van der Waals surface area contributed by atoms with Crippen molar-refractivity contribution >= 4 is 17.5 Å². The van der Waals surface area contributed by atoms with Crippen LogP contribution in [0.3, 0.4) is 0 Å². The molecule has 2 rings (SSSR count). The Hall–Kier alpha value is -1.84. The van der Waals surface area contributed by atoms with Crippen LogP contribution in [0.4, 0.5) is 0 Å². The first-order valence-electron chi connectivity index (χ1n) is 7.16. The molecule has 0 aromatic heterocycles. The molecule has 0 bridgehead atoms. The number of nitrogens with one attached hydrogen (secondary N) is 1. The molecule has 0 saturated carbocycles. The summed E-state index contributed by atoms with van der Waals surface area (Å²) in [6.45, 7) is 4.81. The predicted molar refractivity (Wildman–Crippen MR) is 89.1 cm³/mol. The minimum atomic E-state index is -0.464. The molecule has 0 spiro atoms. The van der Waals surface area contributed by atoms with Crippen molar-refractivity contribution in [2.45, 2.75) is 26.0 Å². The maximum atomic E-state index is 12.2. The fourth-order valence-corrected chi connectivity index (χ4v) is 2.23. The molecule has 0 heterocycles. The van der Waals surface area contributed by atoms with Gasteiger partial charge in [-0.25, -0.2) is 0 Å². The Morgan fingerprint density at radius 2 is 1.86 bits per heavy atom. The van der Waals surface area contributed by atoms with Gasteiger partial charge in [0.2, 0.25) is 0 Å². The minimum absolute atomic E-state index is 0.157. The van der Waals surface area contributed by atoms with Gasteiger partial charge in [0, 0.05) is 10.6 Å². The van der Waals surface area contributed by atoms with E-state index in [0.717, 1.165) is 5.56 Å². The maximum Gasteiger partial charge on any atom is 0.251 e. The van der Waals surface area contributed by atoms with Gasteiger partial charge in [-0.1, -0.05) is 48.0 Å². The van der Waals surface area contributed by atoms with Crippen LogP contribution in [0.1, 0.15) is 29.8 Å². The molecule has 116 valence electrons. The zero-order valence-corrected chi connectivity index (χ0v) is 13.6. The number of hydrogen-bond donors (Lipinski definition) is 1. The topological polar surface area (TPSA) is 38.3 Å². The van der Waals surface area contributed by atoms with Crippen LogP contribution in [0.25, 0.3) is 0 Å². The van der Waals surface area contributed by atoms with Gasteiger partial charge in [-0.15, -0.1) is 0 Å². The lowest BCUT2D eigenvalue weighted by molar-refractivity contribution is 0.0617. The van der Waals surface area contributed by atoms with E-state index < -0.39 is 5.54 Å². The Labute approximate surface area is 136 Å². The molecular formula is C18H20ClNO2. The first kappa shape index (κ1) is 16.5. The molecule has 4 heteroatoms. The number of halogens is 1. The third-order valence-corrected chi connectivity index (χ3v) is 3.35. The van der Waals surface area contributed by atoms with Gasteiger partial charge in [0.05, 0.1) is 18.8 Å². The molecule has 0 aliphatic rings. The van der Waals surface area contributed by atoms with E-state index in [1.165, 1.54) is 0 Å². The Morgan fingerprint density at radius 1 is 1.14 bits per heavy atom. The van der Waals surface area contributed by atoms with Crippen molar-refractivity contribution in [3.05, 3.63) is 70.7 Å². The fourth-order valence-electron chi connectivity index (χ4n) is 2.04. The van der Waals surface area contributed by atoms with Crippen LogP contribution in [0.15, 0.2) is 54.6 Å². The highest BCUT2D eigenvalue weighted by Gasteiger charge is 2.21. The molecule has 22 heavy (non-hydrogen) atoms. The minimum Gasteiger partial charge on any atom is -0.374 e. The average molecular weight is 318 g/mol. The van der Waals surface area contributed by atoms with Crippen LogP contribution in [-0.2, 0) is 11.3 Å². The highest BCUT2D eigenvalue weighted by atomic mass is 35.5. The number of benzene rings is 2. The summed E-state index contributed by atoms with van der Waals surface area (Å²) in [5, 5.41) is 3.51. The first-order chi connectivity index (χ1) is 10.5. The number of rotatable bonds is 6. The van der Waals surface area contributed by atoms with Crippen molar-refractivity contribution < 1.29 is 9.53 Å². The third-order valence-electron chi connectivity index (χ3n) is 3.11. The zero-order valence-electron chi connectivity index (χ0n) is 12.8. The number of carbonyl (C=O) groups is 1. The van der Waals surface area contributed by atoms with Crippen molar-refractivity contribution in [1.82, 2.24) is 5.32 Å². The van der Waals surface area contributed by atoms with Crippen LogP contribution in [0.2, 0.25) is 5.02 Å². The SMILES string of the molecule is CC(C)(COCc1ccccc1)NC(=O)c1cccc(Cl)c1. The lowest BCUT2D eigenvalue weighted by atomic mass is 10.1. The van der Waals surface area contributed by atoms with E-state index in [-0.39, 0.29) is 5.91 Å². The summed E-state index contributed by atoms with van der Waals surface area (Å²) in [4.78, 5) is 12.2. The molecule has 0 aliphatic heterocycles. The zero-order chi connectivity index (χ0) is 16.0. The Bertz CT molecular complexity index is 626. The largest absolute Gasteiger partial charge is 0.374 e. The van der Waals surface area contributed by atoms with Crippen molar-refractivity contribution in [2.75, 3.05) is 6.61 Å². The van der Waals surface area contributed by atoms with Crippen LogP contribution >= 0.6 is 11.6 Å². The second-order valence-electron chi connectivity index (χ2n) is 5.83. The van der Waals surface area contributed by atoms with Crippen molar-refractivity contribution in [3.63, 3.8) is 0 Å². The van der Waals surface area contributed by atoms with Crippen LogP contribution in [-0.4, -0.2) is 18.1 Å². The van der Waals surface area contributed by atoms with E-state index in [0.29, 0.717) is 23.8 Å². The van der Waals surface area contributed by atoms with Gasteiger partial charge in [0.1, 0.15) is 0 Å². The van der Waals surface area contributed by atoms with Crippen LogP contribution in [0.5, 0.6) is 0 Å². The van der Waals surface area contributed by atoms with Crippen LogP contribution < -0.4 is 5.32 Å². The Balaban J connectivity index is 1.86. The van der Waals surface area contributed by atoms with Gasteiger partial charge >= 0.3 is 0 Å². The molecular weight excluding hydrogens is 298 g/mol. The molecule has 0 fully saturated rings. The van der Waals surface area contributed by atoms with Crippen molar-refractivity contribution in [2.24, 2.45) is 0 Å². The number of amides is 1. The van der Waals surface area contributed by atoms with Gasteiger partial charge in [0.25, 0.3) is 5.91 Å². The van der Waals surface area contributed by atoms with Crippen molar-refractivity contribution in [1.29, 1.82) is 0 Å². The quantitative estimate of drug-likeness (QED) is 0.872. The second kappa shape index (κ2) is 7.43. The standard InChI is InChI=1S/C18H20ClNO2/c1-18(2,13-22-12-14-7-4-3-5-8-14)20-17(21)15-9-6-10-16(19)11-15/h3-11H,12-13H2,1-2H3,(H,20,21). The van der Waals surface area contributed by atoms with Crippen molar-refractivity contribution in [3.8, 4) is 0 Å². The highest BCUT2D eigenvalue weighted by molar-refractivity contribution is 6.30. The summed E-state index contributed by atoms with van der Waals surface area (Å²) >= 11 is 5.91. The summed E-state index contributed by atoms with van der Waals surface area (Å²) in [7, 11) is 0. The van der Waals surface area contributed by atoms with Gasteiger partial charge in [-0.2, -0.15) is 0 Å². The van der Waals surface area contributed by atoms with Gasteiger partial charge in [-0.3, -0.25) is 4.79 Å². The maximum absolute atomic E-state index is 12.2. The van der Waals surface area contributed by atoms with E-state index in [1.807, 2.05) is 44.2 Å². The molecule has 0 unspecified atom stereocenters. The summed E-state index contributed by atoms with van der Waals surface area (Å²) in [5.74, 6) is -0.157. The lowest BCUT2D eigenvalue weighted by Crippen LogP contribution is -2.47. The molecule has 2 aromatic carbocycles. The summed E-state index contributed by atoms with van der Waals surface area (Å²) in [5.41, 5.74) is 1.19. The van der Waals surface area contributed by atoms with E-state index in [9.17, 15) is 4.79 Å². The van der Waals surface area contributed by atoms with Gasteiger partial charge in [-0.05, 0) is 37.6 Å². The molecule has 2 aromatic rings. The summed E-state index contributed by atoms with van der Waals surface area (Å²) in [6.07, 6.45) is 0. The third kappa shape index (κ3) is 5.17. The Morgan fingerprint density at radius 3 is 2.55 bits per heavy atom.